The molecule has 2 aromatic rings. The van der Waals surface area contributed by atoms with E-state index in [1.807, 2.05) is 13.8 Å². The first-order chi connectivity index (χ1) is 11.7. The highest BCUT2D eigenvalue weighted by molar-refractivity contribution is 7.15. The molecule has 2 saturated heterocycles. The quantitative estimate of drug-likeness (QED) is 0.733. The van der Waals surface area contributed by atoms with E-state index in [2.05, 4.69) is 25.5 Å². The Hall–Kier alpha value is -1.09. The van der Waals surface area contributed by atoms with Gasteiger partial charge < -0.3 is 14.4 Å². The summed E-state index contributed by atoms with van der Waals surface area (Å²) in [6, 6.07) is 0. The molecule has 8 heteroatoms. The van der Waals surface area contributed by atoms with E-state index in [1.54, 1.807) is 22.7 Å². The molecule has 0 aliphatic carbocycles. The summed E-state index contributed by atoms with van der Waals surface area (Å²) in [7, 11) is 0. The van der Waals surface area contributed by atoms with Crippen LogP contribution < -0.4 is 4.90 Å². The summed E-state index contributed by atoms with van der Waals surface area (Å²) in [5.41, 5.74) is 1.04. The average molecular weight is 367 g/mol. The van der Waals surface area contributed by atoms with Crippen molar-refractivity contribution in [3.05, 3.63) is 21.1 Å². The first kappa shape index (κ1) is 16.4. The van der Waals surface area contributed by atoms with Crippen LogP contribution in [-0.4, -0.2) is 47.6 Å². The van der Waals surface area contributed by atoms with Gasteiger partial charge in [0.15, 0.2) is 0 Å². The minimum absolute atomic E-state index is 0.334. The van der Waals surface area contributed by atoms with Gasteiger partial charge in [0.1, 0.15) is 5.01 Å². The zero-order valence-electron chi connectivity index (χ0n) is 14.0. The predicted octanol–water partition coefficient (Wildman–Crippen LogP) is 2.67. The average Bonchev–Trinajstić information content (AvgIpc) is 3.29. The van der Waals surface area contributed by atoms with E-state index in [4.69, 9.17) is 9.47 Å². The van der Waals surface area contributed by atoms with E-state index in [0.717, 1.165) is 53.6 Å². The van der Waals surface area contributed by atoms with Crippen LogP contribution in [0.4, 0.5) is 5.13 Å². The van der Waals surface area contributed by atoms with Crippen molar-refractivity contribution < 1.29 is 9.47 Å². The number of rotatable bonds is 6. The van der Waals surface area contributed by atoms with E-state index >= 15 is 0 Å². The Morgan fingerprint density at radius 1 is 1.29 bits per heavy atom. The standard InChI is InChI=1S/C16H22N4O2S2/c1-10-17-13(9-23-10)8-21-4-3-12-7-22-15-6-20(5-14(12)15)16-19-18-11(2)24-16/h9,12,14-15H,3-8H2,1-2H3/t12-,14-,15-/m1/s1. The largest absolute Gasteiger partial charge is 0.376 e. The van der Waals surface area contributed by atoms with Crippen molar-refractivity contribution in [2.45, 2.75) is 33.0 Å². The second kappa shape index (κ2) is 7.03. The molecule has 2 aromatic heterocycles. The molecule has 0 spiro atoms. The number of hydrogen-bond donors (Lipinski definition) is 0. The predicted molar refractivity (Wildman–Crippen MR) is 94.7 cm³/mol. The Labute approximate surface area is 149 Å². The smallest absolute Gasteiger partial charge is 0.208 e. The number of thiazole rings is 1. The van der Waals surface area contributed by atoms with Gasteiger partial charge in [-0.2, -0.15) is 0 Å². The number of hydrogen-bond acceptors (Lipinski definition) is 8. The first-order valence-corrected chi connectivity index (χ1v) is 10.0. The monoisotopic (exact) mass is 366 g/mol. The van der Waals surface area contributed by atoms with Gasteiger partial charge in [0.2, 0.25) is 5.13 Å². The third-order valence-corrected chi connectivity index (χ3v) is 6.50. The minimum atomic E-state index is 0.334. The summed E-state index contributed by atoms with van der Waals surface area (Å²) < 4.78 is 11.8. The zero-order chi connectivity index (χ0) is 16.5. The van der Waals surface area contributed by atoms with Crippen LogP contribution in [-0.2, 0) is 16.1 Å². The van der Waals surface area contributed by atoms with Crippen LogP contribution in [0.5, 0.6) is 0 Å². The van der Waals surface area contributed by atoms with Crippen molar-refractivity contribution in [2.75, 3.05) is 31.2 Å². The third-order valence-electron chi connectivity index (χ3n) is 4.77. The molecule has 0 radical (unpaired) electrons. The molecule has 4 rings (SSSR count). The molecule has 0 unspecified atom stereocenters. The molecule has 0 bridgehead atoms. The lowest BCUT2D eigenvalue weighted by Crippen LogP contribution is -2.24. The van der Waals surface area contributed by atoms with Crippen LogP contribution in [0.25, 0.3) is 0 Å². The minimum Gasteiger partial charge on any atom is -0.376 e. The van der Waals surface area contributed by atoms with Crippen molar-refractivity contribution in [2.24, 2.45) is 11.8 Å². The first-order valence-electron chi connectivity index (χ1n) is 8.34. The SMILES string of the molecule is Cc1nc(COCC[C@@H]2CO[C@@H]3CN(c4nnc(C)s4)C[C@H]23)cs1. The van der Waals surface area contributed by atoms with Crippen LogP contribution in [0.15, 0.2) is 5.38 Å². The van der Waals surface area contributed by atoms with Gasteiger partial charge in [-0.3, -0.25) is 0 Å². The lowest BCUT2D eigenvalue weighted by Gasteiger charge is -2.18. The summed E-state index contributed by atoms with van der Waals surface area (Å²) in [4.78, 5) is 6.75. The fourth-order valence-corrected chi connectivity index (χ4v) is 4.86. The second-order valence-corrected chi connectivity index (χ2v) is 8.73. The highest BCUT2D eigenvalue weighted by Gasteiger charge is 2.44. The van der Waals surface area contributed by atoms with Crippen LogP contribution in [0, 0.1) is 25.7 Å². The molecule has 0 saturated carbocycles. The third kappa shape index (κ3) is 3.46. The molecule has 6 nitrogen and oxygen atoms in total. The van der Waals surface area contributed by atoms with E-state index in [-0.39, 0.29) is 0 Å². The maximum absolute atomic E-state index is 6.02. The normalized spacial score (nSPS) is 26.2. The van der Waals surface area contributed by atoms with Crippen LogP contribution >= 0.6 is 22.7 Å². The zero-order valence-corrected chi connectivity index (χ0v) is 15.6. The van der Waals surface area contributed by atoms with E-state index in [9.17, 15) is 0 Å². The molecular weight excluding hydrogens is 344 g/mol. The van der Waals surface area contributed by atoms with Gasteiger partial charge >= 0.3 is 0 Å². The van der Waals surface area contributed by atoms with E-state index < -0.39 is 0 Å². The Morgan fingerprint density at radius 2 is 2.21 bits per heavy atom. The van der Waals surface area contributed by atoms with E-state index in [1.165, 1.54) is 0 Å². The molecule has 4 heterocycles. The van der Waals surface area contributed by atoms with Crippen molar-refractivity contribution in [3.8, 4) is 0 Å². The molecule has 0 aromatic carbocycles. The van der Waals surface area contributed by atoms with E-state index in [0.29, 0.717) is 24.5 Å². The fourth-order valence-electron chi connectivity index (χ4n) is 3.55. The Kier molecular flexibility index (Phi) is 4.80. The summed E-state index contributed by atoms with van der Waals surface area (Å²) >= 11 is 3.34. The van der Waals surface area contributed by atoms with Gasteiger partial charge in [-0.15, -0.1) is 21.5 Å². The molecule has 2 aliphatic heterocycles. The molecule has 3 atom stereocenters. The Bertz CT molecular complexity index is 689. The van der Waals surface area contributed by atoms with Crippen molar-refractivity contribution in [3.63, 3.8) is 0 Å². The van der Waals surface area contributed by atoms with Gasteiger partial charge in [0.25, 0.3) is 0 Å². The maximum Gasteiger partial charge on any atom is 0.208 e. The number of aromatic nitrogens is 3. The highest BCUT2D eigenvalue weighted by Crippen LogP contribution is 2.38. The molecule has 24 heavy (non-hydrogen) atoms. The molecule has 0 amide bonds. The van der Waals surface area contributed by atoms with Gasteiger partial charge in [-0.1, -0.05) is 11.3 Å². The van der Waals surface area contributed by atoms with Gasteiger partial charge in [0.05, 0.1) is 30.0 Å². The number of fused-ring (bicyclic) bond motifs is 1. The Balaban J connectivity index is 1.25. The second-order valence-electron chi connectivity index (χ2n) is 6.50. The molecule has 130 valence electrons. The summed E-state index contributed by atoms with van der Waals surface area (Å²) in [5.74, 6) is 1.16. The van der Waals surface area contributed by atoms with Crippen molar-refractivity contribution in [1.82, 2.24) is 15.2 Å². The molecule has 2 fully saturated rings. The van der Waals surface area contributed by atoms with Crippen LogP contribution in [0.2, 0.25) is 0 Å². The topological polar surface area (TPSA) is 60.4 Å². The lowest BCUT2D eigenvalue weighted by atomic mass is 9.91. The van der Waals surface area contributed by atoms with Gasteiger partial charge in [-0.25, -0.2) is 4.98 Å². The number of nitrogens with zero attached hydrogens (tertiary/aromatic N) is 4. The number of aryl methyl sites for hydroxylation is 2. The molecule has 0 N–H and O–H groups in total. The summed E-state index contributed by atoms with van der Waals surface area (Å²) in [5, 5.41) is 13.6. The molecule has 2 aliphatic rings. The number of ether oxygens (including phenoxy) is 2. The maximum atomic E-state index is 6.02. The van der Waals surface area contributed by atoms with Gasteiger partial charge in [0, 0.05) is 31.0 Å². The fraction of sp³-hybridized carbons (Fsp3) is 0.688. The van der Waals surface area contributed by atoms with Crippen molar-refractivity contribution >= 4 is 27.8 Å². The van der Waals surface area contributed by atoms with Crippen LogP contribution in [0.1, 0.15) is 22.1 Å². The van der Waals surface area contributed by atoms with Crippen molar-refractivity contribution in [1.29, 1.82) is 0 Å². The Morgan fingerprint density at radius 3 is 2.96 bits per heavy atom. The molecular formula is C16H22N4O2S2. The lowest BCUT2D eigenvalue weighted by molar-refractivity contribution is 0.0928. The van der Waals surface area contributed by atoms with Crippen LogP contribution in [0.3, 0.4) is 0 Å². The highest BCUT2D eigenvalue weighted by atomic mass is 32.1. The number of anilines is 1. The summed E-state index contributed by atoms with van der Waals surface area (Å²) in [6.45, 7) is 8.23. The van der Waals surface area contributed by atoms with Gasteiger partial charge in [-0.05, 0) is 26.2 Å². The summed E-state index contributed by atoms with van der Waals surface area (Å²) in [6.07, 6.45) is 1.38.